The fourth-order valence-corrected chi connectivity index (χ4v) is 2.65. The van der Waals surface area contributed by atoms with Crippen molar-refractivity contribution in [3.63, 3.8) is 0 Å². The third-order valence-electron chi connectivity index (χ3n) is 3.53. The lowest BCUT2D eigenvalue weighted by Gasteiger charge is -2.24. The Morgan fingerprint density at radius 3 is 2.89 bits per heavy atom. The Kier molecular flexibility index (Phi) is 6.55. The zero-order valence-electron chi connectivity index (χ0n) is 14.7. The summed E-state index contributed by atoms with van der Waals surface area (Å²) < 4.78 is 19.2. The van der Waals surface area contributed by atoms with Gasteiger partial charge >= 0.3 is 0 Å². The van der Waals surface area contributed by atoms with Crippen LogP contribution < -0.4 is 15.8 Å². The minimum atomic E-state index is -0.827. The SMILES string of the molecule is C#CCOc1cnc(C(=O)Nc2ccnc([C@@](C)(N)CC(=C)S)c2)c(F)c1. The summed E-state index contributed by atoms with van der Waals surface area (Å²) in [6, 6.07) is 4.22. The number of aromatic nitrogens is 2. The Hall–Kier alpha value is -2.89. The minimum absolute atomic E-state index is 0.0248. The molecule has 0 unspecified atom stereocenters. The first kappa shape index (κ1) is 20.4. The number of amides is 1. The Morgan fingerprint density at radius 1 is 1.52 bits per heavy atom. The first-order chi connectivity index (χ1) is 12.7. The molecular formula is C19H19FN4O2S. The molecule has 0 fully saturated rings. The predicted molar refractivity (Wildman–Crippen MR) is 105 cm³/mol. The average molecular weight is 386 g/mol. The topological polar surface area (TPSA) is 90.1 Å². The number of rotatable bonds is 7. The summed E-state index contributed by atoms with van der Waals surface area (Å²) in [4.78, 5) is 21.0. The van der Waals surface area contributed by atoms with E-state index in [0.29, 0.717) is 22.7 Å². The number of pyridine rings is 2. The number of carbonyl (C=O) groups excluding carboxylic acids is 1. The Labute approximate surface area is 162 Å². The number of ether oxygens (including phenoxy) is 1. The minimum Gasteiger partial charge on any atom is -0.479 e. The molecule has 0 bridgehead atoms. The zero-order chi connectivity index (χ0) is 20.0. The molecule has 8 heteroatoms. The van der Waals surface area contributed by atoms with Crippen molar-refractivity contribution in [1.29, 1.82) is 0 Å². The van der Waals surface area contributed by atoms with Gasteiger partial charge in [-0.05, 0) is 24.0 Å². The summed E-state index contributed by atoms with van der Waals surface area (Å²) in [6.07, 6.45) is 8.19. The van der Waals surface area contributed by atoms with Gasteiger partial charge < -0.3 is 15.8 Å². The normalized spacial score (nSPS) is 12.6. The second kappa shape index (κ2) is 8.66. The molecule has 140 valence electrons. The van der Waals surface area contributed by atoms with Crippen molar-refractivity contribution in [3.05, 3.63) is 59.3 Å². The largest absolute Gasteiger partial charge is 0.479 e. The van der Waals surface area contributed by atoms with E-state index in [1.54, 1.807) is 19.1 Å². The number of nitrogens with zero attached hydrogens (tertiary/aromatic N) is 2. The van der Waals surface area contributed by atoms with Crippen LogP contribution in [0.4, 0.5) is 10.1 Å². The highest BCUT2D eigenvalue weighted by atomic mass is 32.1. The van der Waals surface area contributed by atoms with E-state index in [-0.39, 0.29) is 18.1 Å². The maximum Gasteiger partial charge on any atom is 0.277 e. The molecule has 0 saturated heterocycles. The van der Waals surface area contributed by atoms with E-state index < -0.39 is 17.3 Å². The van der Waals surface area contributed by atoms with Crippen molar-refractivity contribution < 1.29 is 13.9 Å². The summed E-state index contributed by atoms with van der Waals surface area (Å²) >= 11 is 4.17. The molecule has 1 amide bonds. The van der Waals surface area contributed by atoms with Gasteiger partial charge in [0, 0.05) is 24.4 Å². The van der Waals surface area contributed by atoms with Gasteiger partial charge in [-0.1, -0.05) is 12.5 Å². The molecule has 0 radical (unpaired) electrons. The quantitative estimate of drug-likeness (QED) is 0.503. The summed E-state index contributed by atoms with van der Waals surface area (Å²) in [5, 5.41) is 2.58. The van der Waals surface area contributed by atoms with E-state index in [2.05, 4.69) is 40.4 Å². The number of halogens is 1. The van der Waals surface area contributed by atoms with E-state index in [0.717, 1.165) is 6.07 Å². The molecule has 6 nitrogen and oxygen atoms in total. The molecule has 1 atom stereocenters. The number of anilines is 1. The highest BCUT2D eigenvalue weighted by Crippen LogP contribution is 2.26. The van der Waals surface area contributed by atoms with Crippen molar-refractivity contribution in [2.45, 2.75) is 18.9 Å². The fourth-order valence-electron chi connectivity index (χ4n) is 2.32. The molecule has 0 saturated carbocycles. The van der Waals surface area contributed by atoms with Gasteiger partial charge in [-0.15, -0.1) is 19.1 Å². The van der Waals surface area contributed by atoms with Crippen LogP contribution in [-0.4, -0.2) is 22.5 Å². The monoisotopic (exact) mass is 386 g/mol. The van der Waals surface area contributed by atoms with Crippen molar-refractivity contribution in [1.82, 2.24) is 9.97 Å². The molecule has 0 spiro atoms. The fraction of sp³-hybridized carbons (Fsp3) is 0.211. The molecule has 2 aromatic heterocycles. The molecular weight excluding hydrogens is 367 g/mol. The first-order valence-corrected chi connectivity index (χ1v) is 8.33. The first-order valence-electron chi connectivity index (χ1n) is 7.88. The van der Waals surface area contributed by atoms with Crippen molar-refractivity contribution in [2.24, 2.45) is 5.73 Å². The van der Waals surface area contributed by atoms with E-state index in [4.69, 9.17) is 16.9 Å². The second-order valence-electron chi connectivity index (χ2n) is 6.04. The number of terminal acetylenes is 1. The Bertz CT molecular complexity index is 909. The number of carbonyl (C=O) groups is 1. The number of nitrogens with one attached hydrogen (secondary N) is 1. The van der Waals surface area contributed by atoms with Gasteiger partial charge in [0.05, 0.1) is 17.4 Å². The third kappa shape index (κ3) is 5.54. The summed E-state index contributed by atoms with van der Waals surface area (Å²) in [6.45, 7) is 5.48. The van der Waals surface area contributed by atoms with Crippen LogP contribution in [0.1, 0.15) is 29.5 Å². The van der Waals surface area contributed by atoms with Crippen molar-refractivity contribution in [2.75, 3.05) is 11.9 Å². The number of nitrogens with two attached hydrogens (primary N) is 1. The highest BCUT2D eigenvalue weighted by Gasteiger charge is 2.24. The highest BCUT2D eigenvalue weighted by molar-refractivity contribution is 7.84. The van der Waals surface area contributed by atoms with Gasteiger partial charge in [-0.2, -0.15) is 0 Å². The lowest BCUT2D eigenvalue weighted by atomic mass is 9.94. The molecule has 2 rings (SSSR count). The van der Waals surface area contributed by atoms with Crippen LogP contribution in [0, 0.1) is 18.2 Å². The van der Waals surface area contributed by atoms with Crippen LogP contribution in [0.2, 0.25) is 0 Å². The lowest BCUT2D eigenvalue weighted by molar-refractivity contribution is 0.101. The molecule has 0 aliphatic carbocycles. The molecule has 0 aromatic carbocycles. The van der Waals surface area contributed by atoms with Crippen LogP contribution in [0.15, 0.2) is 42.1 Å². The van der Waals surface area contributed by atoms with Crippen LogP contribution in [-0.2, 0) is 5.54 Å². The third-order valence-corrected chi connectivity index (χ3v) is 3.69. The smallest absolute Gasteiger partial charge is 0.277 e. The van der Waals surface area contributed by atoms with Crippen LogP contribution in [0.5, 0.6) is 5.75 Å². The van der Waals surface area contributed by atoms with Crippen LogP contribution in [0.3, 0.4) is 0 Å². The summed E-state index contributed by atoms with van der Waals surface area (Å²) in [5.74, 6) is 0.850. The zero-order valence-corrected chi connectivity index (χ0v) is 15.6. The van der Waals surface area contributed by atoms with Gasteiger partial charge in [0.2, 0.25) is 0 Å². The number of thiol groups is 1. The maximum absolute atomic E-state index is 14.1. The van der Waals surface area contributed by atoms with Crippen molar-refractivity contribution in [3.8, 4) is 18.1 Å². The maximum atomic E-state index is 14.1. The van der Waals surface area contributed by atoms with Crippen molar-refractivity contribution >= 4 is 24.2 Å². The second-order valence-corrected chi connectivity index (χ2v) is 6.67. The average Bonchev–Trinajstić information content (AvgIpc) is 2.59. The molecule has 0 aliphatic rings. The summed E-state index contributed by atoms with van der Waals surface area (Å²) in [7, 11) is 0. The lowest BCUT2D eigenvalue weighted by Crippen LogP contribution is -2.34. The van der Waals surface area contributed by atoms with Gasteiger partial charge in [-0.3, -0.25) is 9.78 Å². The Morgan fingerprint density at radius 2 is 2.26 bits per heavy atom. The predicted octanol–water partition coefficient (Wildman–Crippen LogP) is 2.89. The van der Waals surface area contributed by atoms with E-state index >= 15 is 0 Å². The van der Waals surface area contributed by atoms with Gasteiger partial charge in [0.25, 0.3) is 5.91 Å². The van der Waals surface area contributed by atoms with Gasteiger partial charge in [-0.25, -0.2) is 9.37 Å². The molecule has 0 aliphatic heterocycles. The molecule has 2 aromatic rings. The molecule has 2 heterocycles. The van der Waals surface area contributed by atoms with E-state index in [1.807, 2.05) is 0 Å². The molecule has 3 N–H and O–H groups in total. The van der Waals surface area contributed by atoms with Crippen LogP contribution in [0.25, 0.3) is 0 Å². The number of hydrogen-bond donors (Lipinski definition) is 3. The molecule has 27 heavy (non-hydrogen) atoms. The van der Waals surface area contributed by atoms with E-state index in [1.165, 1.54) is 12.4 Å². The number of hydrogen-bond acceptors (Lipinski definition) is 6. The van der Waals surface area contributed by atoms with E-state index in [9.17, 15) is 9.18 Å². The van der Waals surface area contributed by atoms with Gasteiger partial charge in [0.15, 0.2) is 11.5 Å². The standard InChI is InChI=1S/C19H19FN4O2S/c1-4-7-26-14-9-15(20)17(23-11-14)18(25)24-13-5-6-22-16(8-13)19(3,21)10-12(2)27/h1,5-6,8-9,11,27H,2,7,10,21H2,3H3,(H,22,24,25)/t19-/m0/s1. The van der Waals surface area contributed by atoms with Gasteiger partial charge in [0.1, 0.15) is 12.4 Å². The Balaban J connectivity index is 2.18. The van der Waals surface area contributed by atoms with Crippen LogP contribution >= 0.6 is 12.6 Å². The summed E-state index contributed by atoms with van der Waals surface area (Å²) in [5.41, 5.74) is 5.98.